The number of halogens is 1. The van der Waals surface area contributed by atoms with Crippen molar-refractivity contribution in [3.63, 3.8) is 0 Å². The van der Waals surface area contributed by atoms with Crippen LogP contribution in [-0.4, -0.2) is 23.0 Å². The van der Waals surface area contributed by atoms with Crippen LogP contribution in [0.5, 0.6) is 5.88 Å². The van der Waals surface area contributed by atoms with E-state index in [1.807, 2.05) is 30.3 Å². The molecule has 0 aliphatic heterocycles. The summed E-state index contributed by atoms with van der Waals surface area (Å²) in [6.07, 6.45) is 2.91. The first-order chi connectivity index (χ1) is 12.5. The van der Waals surface area contributed by atoms with E-state index in [9.17, 15) is 8.42 Å². The van der Waals surface area contributed by atoms with Gasteiger partial charge in [-0.1, -0.05) is 41.9 Å². The first-order valence-electron chi connectivity index (χ1n) is 7.74. The largest absolute Gasteiger partial charge is 0.473 e. The van der Waals surface area contributed by atoms with E-state index in [2.05, 4.69) is 14.7 Å². The van der Waals surface area contributed by atoms with Crippen LogP contribution in [-0.2, 0) is 30.2 Å². The maximum atomic E-state index is 12.3. The Bertz CT molecular complexity index is 990. The van der Waals surface area contributed by atoms with Gasteiger partial charge in [0.05, 0.1) is 6.33 Å². The van der Waals surface area contributed by atoms with Crippen LogP contribution in [0.25, 0.3) is 0 Å². The second-order valence-corrected chi connectivity index (χ2v) is 7.59. The topological polar surface area (TPSA) is 86.1 Å². The molecule has 0 bridgehead atoms. The number of pyridine rings is 1. The molecule has 0 amide bonds. The van der Waals surface area contributed by atoms with Gasteiger partial charge in [-0.2, -0.15) is 0 Å². The van der Waals surface area contributed by atoms with Crippen molar-refractivity contribution in [1.82, 2.24) is 19.3 Å². The van der Waals surface area contributed by atoms with Crippen molar-refractivity contribution in [2.45, 2.75) is 18.2 Å². The Morgan fingerprint density at radius 1 is 1.15 bits per heavy atom. The third-order valence-electron chi connectivity index (χ3n) is 3.58. The fourth-order valence-electron chi connectivity index (χ4n) is 2.19. The highest BCUT2D eigenvalue weighted by Gasteiger charge is 2.22. The number of ether oxygens (including phenoxy) is 1. The summed E-state index contributed by atoms with van der Waals surface area (Å²) in [7, 11) is -2.19. The molecular weight excluding hydrogens is 376 g/mol. The Morgan fingerprint density at radius 3 is 2.62 bits per heavy atom. The van der Waals surface area contributed by atoms with Gasteiger partial charge >= 0.3 is 0 Å². The zero-order valence-corrected chi connectivity index (χ0v) is 15.5. The molecule has 0 aliphatic rings. The van der Waals surface area contributed by atoms with Crippen LogP contribution in [0.3, 0.4) is 0 Å². The van der Waals surface area contributed by atoms with Crippen molar-refractivity contribution in [1.29, 1.82) is 0 Å². The van der Waals surface area contributed by atoms with Gasteiger partial charge in [0.15, 0.2) is 0 Å². The van der Waals surface area contributed by atoms with Gasteiger partial charge in [0.25, 0.3) is 10.0 Å². The quantitative estimate of drug-likeness (QED) is 0.667. The van der Waals surface area contributed by atoms with Crippen LogP contribution in [0.1, 0.15) is 11.1 Å². The van der Waals surface area contributed by atoms with Crippen molar-refractivity contribution in [2.24, 2.45) is 7.05 Å². The van der Waals surface area contributed by atoms with E-state index in [-0.39, 0.29) is 16.7 Å². The lowest BCUT2D eigenvalue weighted by molar-refractivity contribution is 0.293. The summed E-state index contributed by atoms with van der Waals surface area (Å²) in [6, 6.07) is 13.1. The summed E-state index contributed by atoms with van der Waals surface area (Å²) >= 11 is 5.95. The minimum absolute atomic E-state index is 0.0547. The van der Waals surface area contributed by atoms with Crippen LogP contribution in [0, 0.1) is 0 Å². The van der Waals surface area contributed by atoms with Gasteiger partial charge in [-0.05, 0) is 17.2 Å². The number of aryl methyl sites for hydroxylation is 1. The lowest BCUT2D eigenvalue weighted by atomic mass is 10.2. The molecule has 3 rings (SSSR count). The van der Waals surface area contributed by atoms with Crippen molar-refractivity contribution < 1.29 is 13.2 Å². The third kappa shape index (κ3) is 4.40. The van der Waals surface area contributed by atoms with Crippen LogP contribution >= 0.6 is 11.6 Å². The van der Waals surface area contributed by atoms with Gasteiger partial charge in [-0.3, -0.25) is 0 Å². The molecule has 1 aromatic carbocycles. The molecule has 0 spiro atoms. The molecule has 1 N–H and O–H groups in total. The summed E-state index contributed by atoms with van der Waals surface area (Å²) in [4.78, 5) is 7.96. The molecule has 136 valence electrons. The third-order valence-corrected chi connectivity index (χ3v) is 5.47. The number of nitrogens with zero attached hydrogens (tertiary/aromatic N) is 3. The average Bonchev–Trinajstić information content (AvgIpc) is 2.99. The zero-order chi connectivity index (χ0) is 18.6. The molecule has 3 aromatic rings. The van der Waals surface area contributed by atoms with E-state index in [1.165, 1.54) is 10.9 Å². The number of hydrogen-bond acceptors (Lipinski definition) is 5. The number of rotatable bonds is 7. The molecule has 0 saturated heterocycles. The SMILES string of the molecule is Cn1cnc(S(=O)(=O)NCc2ccnc(OCc3ccccc3)c2)c1Cl. The van der Waals surface area contributed by atoms with Crippen molar-refractivity contribution in [3.8, 4) is 5.88 Å². The van der Waals surface area contributed by atoms with Gasteiger partial charge in [0.1, 0.15) is 11.8 Å². The van der Waals surface area contributed by atoms with Gasteiger partial charge in [0, 0.05) is 25.9 Å². The van der Waals surface area contributed by atoms with E-state index in [1.54, 1.807) is 25.4 Å². The Hall–Kier alpha value is -2.42. The first-order valence-corrected chi connectivity index (χ1v) is 9.60. The molecule has 0 fully saturated rings. The van der Waals surface area contributed by atoms with E-state index < -0.39 is 10.0 Å². The fourth-order valence-corrected chi connectivity index (χ4v) is 3.63. The molecule has 9 heteroatoms. The Balaban J connectivity index is 1.64. The molecule has 2 heterocycles. The van der Waals surface area contributed by atoms with Gasteiger partial charge in [-0.25, -0.2) is 23.1 Å². The second-order valence-electron chi connectivity index (χ2n) is 5.55. The minimum Gasteiger partial charge on any atom is -0.473 e. The summed E-state index contributed by atoms with van der Waals surface area (Å²) in [5.74, 6) is 0.418. The maximum absolute atomic E-state index is 12.3. The van der Waals surface area contributed by atoms with Crippen molar-refractivity contribution in [3.05, 3.63) is 71.3 Å². The molecule has 2 aromatic heterocycles. The van der Waals surface area contributed by atoms with E-state index in [0.717, 1.165) is 5.56 Å². The molecule has 0 aliphatic carbocycles. The molecular formula is C17H17ClN4O3S. The molecule has 26 heavy (non-hydrogen) atoms. The predicted molar refractivity (Wildman–Crippen MR) is 97.3 cm³/mol. The van der Waals surface area contributed by atoms with Crippen LogP contribution in [0.2, 0.25) is 5.15 Å². The van der Waals surface area contributed by atoms with Crippen LogP contribution < -0.4 is 9.46 Å². The normalized spacial score (nSPS) is 11.5. The molecule has 0 saturated carbocycles. The van der Waals surface area contributed by atoms with E-state index >= 15 is 0 Å². The highest BCUT2D eigenvalue weighted by Crippen LogP contribution is 2.19. The Labute approximate surface area is 156 Å². The first kappa shape index (κ1) is 18.4. The smallest absolute Gasteiger partial charge is 0.261 e. The molecule has 0 unspecified atom stereocenters. The number of benzene rings is 1. The standard InChI is InChI=1S/C17H17ClN4O3S/c1-22-12-20-17(16(22)18)26(23,24)21-10-14-7-8-19-15(9-14)25-11-13-5-3-2-4-6-13/h2-9,12,21H,10-11H2,1H3. The molecule has 7 nitrogen and oxygen atoms in total. The average molecular weight is 393 g/mol. The van der Waals surface area contributed by atoms with Crippen molar-refractivity contribution >= 4 is 21.6 Å². The van der Waals surface area contributed by atoms with Gasteiger partial charge in [0.2, 0.25) is 10.9 Å². The maximum Gasteiger partial charge on any atom is 0.261 e. The number of nitrogens with one attached hydrogen (secondary N) is 1. The van der Waals surface area contributed by atoms with Gasteiger partial charge in [-0.15, -0.1) is 0 Å². The van der Waals surface area contributed by atoms with Crippen molar-refractivity contribution in [2.75, 3.05) is 0 Å². The van der Waals surface area contributed by atoms with E-state index in [4.69, 9.17) is 16.3 Å². The fraction of sp³-hybridized carbons (Fsp3) is 0.176. The number of sulfonamides is 1. The zero-order valence-electron chi connectivity index (χ0n) is 14.0. The molecule has 0 atom stereocenters. The lowest BCUT2D eigenvalue weighted by Crippen LogP contribution is -2.24. The lowest BCUT2D eigenvalue weighted by Gasteiger charge is -2.08. The monoisotopic (exact) mass is 392 g/mol. The van der Waals surface area contributed by atoms with Gasteiger partial charge < -0.3 is 9.30 Å². The summed E-state index contributed by atoms with van der Waals surface area (Å²) in [5.41, 5.74) is 1.73. The summed E-state index contributed by atoms with van der Waals surface area (Å²) in [5, 5.41) is -0.143. The number of hydrogen-bond donors (Lipinski definition) is 1. The highest BCUT2D eigenvalue weighted by atomic mass is 35.5. The number of imidazole rings is 1. The van der Waals surface area contributed by atoms with E-state index in [0.29, 0.717) is 18.1 Å². The molecule has 0 radical (unpaired) electrons. The minimum atomic E-state index is -3.81. The predicted octanol–water partition coefficient (Wildman–Crippen LogP) is 2.53. The number of aromatic nitrogens is 3. The van der Waals surface area contributed by atoms with Crippen LogP contribution in [0.4, 0.5) is 0 Å². The summed E-state index contributed by atoms with van der Waals surface area (Å²) in [6.45, 7) is 0.450. The second kappa shape index (κ2) is 7.86. The highest BCUT2D eigenvalue weighted by molar-refractivity contribution is 7.89. The Kier molecular flexibility index (Phi) is 5.55. The Morgan fingerprint density at radius 2 is 1.92 bits per heavy atom. The van der Waals surface area contributed by atoms with Crippen LogP contribution in [0.15, 0.2) is 60.0 Å². The summed E-state index contributed by atoms with van der Waals surface area (Å²) < 4.78 is 34.2.